The molecule has 0 saturated heterocycles. The Hall–Kier alpha value is -2.48. The van der Waals surface area contributed by atoms with E-state index < -0.39 is 11.9 Å². The van der Waals surface area contributed by atoms with Gasteiger partial charge in [-0.2, -0.15) is 5.10 Å². The van der Waals surface area contributed by atoms with Crippen molar-refractivity contribution in [2.24, 2.45) is 11.0 Å². The highest BCUT2D eigenvalue weighted by Crippen LogP contribution is 2.41. The van der Waals surface area contributed by atoms with Crippen LogP contribution in [0.5, 0.6) is 0 Å². The number of hydrogen-bond acceptors (Lipinski definition) is 8. The second-order valence-electron chi connectivity index (χ2n) is 5.24. The number of thioether (sulfide) groups is 1. The number of nitrogens with one attached hydrogen (secondary N) is 1. The molecule has 0 aromatic heterocycles. The summed E-state index contributed by atoms with van der Waals surface area (Å²) in [5.74, 6) is -0.866. The SMILES string of the molecule is COC(=O)C1=NNC(C(=O)OC)=C2C1CSc1ccccc1N2C. The van der Waals surface area contributed by atoms with Crippen LogP contribution in [-0.2, 0) is 19.1 Å². The standard InChI is InChI=1S/C16H17N3O4S/c1-19-10-6-4-5-7-11(10)24-8-9-12(15(20)22-2)17-18-13(14(9)19)16(21)23-3/h4-7,9,18H,8H2,1-3H3. The first-order valence-corrected chi connectivity index (χ1v) is 8.27. The molecule has 1 aromatic carbocycles. The molecule has 1 N–H and O–H groups in total. The van der Waals surface area contributed by atoms with E-state index in [4.69, 9.17) is 9.47 Å². The van der Waals surface area contributed by atoms with Gasteiger partial charge in [0.05, 0.1) is 31.5 Å². The number of benzene rings is 1. The van der Waals surface area contributed by atoms with Gasteiger partial charge in [-0.3, -0.25) is 5.43 Å². The Balaban J connectivity index is 2.15. The first kappa shape index (κ1) is 16.4. The van der Waals surface area contributed by atoms with E-state index in [0.717, 1.165) is 10.6 Å². The summed E-state index contributed by atoms with van der Waals surface area (Å²) < 4.78 is 9.70. The number of methoxy groups -OCH3 is 2. The zero-order valence-corrected chi connectivity index (χ0v) is 14.3. The summed E-state index contributed by atoms with van der Waals surface area (Å²) in [6.45, 7) is 0. The number of carbonyl (C=O) groups excluding carboxylic acids is 2. The second kappa shape index (κ2) is 6.56. The number of allylic oxidation sites excluding steroid dienone is 1. The maximum absolute atomic E-state index is 12.2. The summed E-state index contributed by atoms with van der Waals surface area (Å²) >= 11 is 1.61. The van der Waals surface area contributed by atoms with Crippen LogP contribution in [0.1, 0.15) is 0 Å². The number of rotatable bonds is 2. The Labute approximate surface area is 143 Å². The lowest BCUT2D eigenvalue weighted by molar-refractivity contribution is -0.137. The molecule has 8 heteroatoms. The van der Waals surface area contributed by atoms with Gasteiger partial charge in [0, 0.05) is 17.7 Å². The number of carbonyl (C=O) groups is 2. The average Bonchev–Trinajstić information content (AvgIpc) is 2.77. The van der Waals surface area contributed by atoms with Gasteiger partial charge in [-0.1, -0.05) is 12.1 Å². The number of nitrogens with zero attached hydrogens (tertiary/aromatic N) is 2. The van der Waals surface area contributed by atoms with E-state index in [2.05, 4.69) is 10.5 Å². The monoisotopic (exact) mass is 347 g/mol. The molecule has 0 spiro atoms. The topological polar surface area (TPSA) is 80.2 Å². The van der Waals surface area contributed by atoms with Crippen LogP contribution in [0.25, 0.3) is 0 Å². The molecule has 0 amide bonds. The Kier molecular flexibility index (Phi) is 4.48. The number of para-hydroxylation sites is 1. The van der Waals surface area contributed by atoms with Gasteiger partial charge in [-0.25, -0.2) is 9.59 Å². The highest BCUT2D eigenvalue weighted by molar-refractivity contribution is 7.99. The van der Waals surface area contributed by atoms with Gasteiger partial charge < -0.3 is 14.4 Å². The van der Waals surface area contributed by atoms with E-state index in [0.29, 0.717) is 11.4 Å². The first-order chi connectivity index (χ1) is 11.6. The van der Waals surface area contributed by atoms with Crippen LogP contribution < -0.4 is 10.3 Å². The average molecular weight is 347 g/mol. The summed E-state index contributed by atoms with van der Waals surface area (Å²) in [6.07, 6.45) is 0. The fourth-order valence-electron chi connectivity index (χ4n) is 2.82. The van der Waals surface area contributed by atoms with Crippen LogP contribution in [0.2, 0.25) is 0 Å². The number of hydrogen-bond donors (Lipinski definition) is 1. The van der Waals surface area contributed by atoms with E-state index in [-0.39, 0.29) is 17.3 Å². The van der Waals surface area contributed by atoms with Crippen LogP contribution in [0, 0.1) is 5.92 Å². The molecule has 3 rings (SSSR count). The molecule has 24 heavy (non-hydrogen) atoms. The van der Waals surface area contributed by atoms with E-state index in [1.165, 1.54) is 14.2 Å². The van der Waals surface area contributed by atoms with Crippen molar-refractivity contribution in [3.8, 4) is 0 Å². The van der Waals surface area contributed by atoms with Crippen molar-refractivity contribution >= 4 is 35.1 Å². The van der Waals surface area contributed by atoms with Gasteiger partial charge >= 0.3 is 11.9 Å². The molecule has 2 heterocycles. The predicted octanol–water partition coefficient (Wildman–Crippen LogP) is 1.36. The predicted molar refractivity (Wildman–Crippen MR) is 90.7 cm³/mol. The molecular formula is C16H17N3O4S. The smallest absolute Gasteiger partial charge is 0.357 e. The third kappa shape index (κ3) is 2.62. The lowest BCUT2D eigenvalue weighted by atomic mass is 9.96. The van der Waals surface area contributed by atoms with Gasteiger partial charge in [-0.05, 0) is 12.1 Å². The maximum Gasteiger partial charge on any atom is 0.357 e. The fraction of sp³-hybridized carbons (Fsp3) is 0.312. The highest BCUT2D eigenvalue weighted by atomic mass is 32.2. The Bertz CT molecular complexity index is 759. The number of hydrazone groups is 1. The Morgan fingerprint density at radius 3 is 2.67 bits per heavy atom. The van der Waals surface area contributed by atoms with Gasteiger partial charge in [-0.15, -0.1) is 11.8 Å². The van der Waals surface area contributed by atoms with Crippen molar-refractivity contribution in [1.82, 2.24) is 5.43 Å². The molecule has 2 aliphatic rings. The lowest BCUT2D eigenvalue weighted by Gasteiger charge is -2.31. The molecule has 1 aromatic rings. The van der Waals surface area contributed by atoms with Gasteiger partial charge in [0.15, 0.2) is 11.4 Å². The largest absolute Gasteiger partial charge is 0.464 e. The second-order valence-corrected chi connectivity index (χ2v) is 6.30. The molecular weight excluding hydrogens is 330 g/mol. The minimum atomic E-state index is -0.529. The van der Waals surface area contributed by atoms with Crippen molar-refractivity contribution in [3.05, 3.63) is 35.7 Å². The van der Waals surface area contributed by atoms with Crippen molar-refractivity contribution in [2.75, 3.05) is 31.9 Å². The molecule has 0 fully saturated rings. The van der Waals surface area contributed by atoms with Crippen molar-refractivity contribution in [2.45, 2.75) is 4.90 Å². The molecule has 2 aliphatic heterocycles. The van der Waals surface area contributed by atoms with Gasteiger partial charge in [0.1, 0.15) is 0 Å². The summed E-state index contributed by atoms with van der Waals surface area (Å²) in [6, 6.07) is 7.86. The molecule has 0 bridgehead atoms. The third-order valence-electron chi connectivity index (χ3n) is 3.98. The van der Waals surface area contributed by atoms with Crippen LogP contribution in [0.4, 0.5) is 5.69 Å². The molecule has 0 aliphatic carbocycles. The van der Waals surface area contributed by atoms with Gasteiger partial charge in [0.25, 0.3) is 0 Å². The van der Waals surface area contributed by atoms with Crippen LogP contribution in [0.3, 0.4) is 0 Å². The van der Waals surface area contributed by atoms with E-state index in [9.17, 15) is 9.59 Å². The highest BCUT2D eigenvalue weighted by Gasteiger charge is 2.39. The van der Waals surface area contributed by atoms with Crippen molar-refractivity contribution in [1.29, 1.82) is 0 Å². The van der Waals surface area contributed by atoms with Crippen LogP contribution >= 0.6 is 11.8 Å². The summed E-state index contributed by atoms with van der Waals surface area (Å²) in [4.78, 5) is 27.2. The van der Waals surface area contributed by atoms with Crippen LogP contribution in [-0.4, -0.2) is 44.7 Å². The van der Waals surface area contributed by atoms with Crippen molar-refractivity contribution in [3.63, 3.8) is 0 Å². The minimum Gasteiger partial charge on any atom is -0.464 e. The number of esters is 2. The Morgan fingerprint density at radius 1 is 1.25 bits per heavy atom. The number of anilines is 1. The molecule has 0 radical (unpaired) electrons. The summed E-state index contributed by atoms with van der Waals surface area (Å²) in [7, 11) is 4.48. The lowest BCUT2D eigenvalue weighted by Crippen LogP contribution is -2.42. The zero-order chi connectivity index (χ0) is 17.3. The number of ether oxygens (including phenoxy) is 2. The zero-order valence-electron chi connectivity index (χ0n) is 13.5. The third-order valence-corrected chi connectivity index (χ3v) is 5.14. The maximum atomic E-state index is 12.2. The van der Waals surface area contributed by atoms with Crippen molar-refractivity contribution < 1.29 is 19.1 Å². The molecule has 1 atom stereocenters. The summed E-state index contributed by atoms with van der Waals surface area (Å²) in [5, 5.41) is 4.07. The van der Waals surface area contributed by atoms with Crippen LogP contribution in [0.15, 0.2) is 45.7 Å². The van der Waals surface area contributed by atoms with E-state index >= 15 is 0 Å². The molecule has 126 valence electrons. The minimum absolute atomic E-state index is 0.231. The summed E-state index contributed by atoms with van der Waals surface area (Å²) in [5.41, 5.74) is 4.74. The van der Waals surface area contributed by atoms with E-state index in [1.807, 2.05) is 36.2 Å². The van der Waals surface area contributed by atoms with E-state index in [1.54, 1.807) is 11.8 Å². The quantitative estimate of drug-likeness (QED) is 0.809. The first-order valence-electron chi connectivity index (χ1n) is 7.28. The number of fused-ring (bicyclic) bond motifs is 2. The molecule has 1 unspecified atom stereocenters. The van der Waals surface area contributed by atoms with Gasteiger partial charge in [0.2, 0.25) is 0 Å². The fourth-order valence-corrected chi connectivity index (χ4v) is 4.01. The molecule has 7 nitrogen and oxygen atoms in total. The Morgan fingerprint density at radius 2 is 1.96 bits per heavy atom. The normalized spacial score (nSPS) is 19.4. The molecule has 0 saturated carbocycles.